The Bertz CT molecular complexity index is 1500. The highest BCUT2D eigenvalue weighted by Gasteiger charge is 2.47. The Morgan fingerprint density at radius 2 is 1.79 bits per heavy atom. The van der Waals surface area contributed by atoms with E-state index in [9.17, 15) is 22.8 Å². The number of benzene rings is 2. The second-order valence-corrected chi connectivity index (χ2v) is 12.9. The van der Waals surface area contributed by atoms with Crippen LogP contribution in [0, 0.1) is 0 Å². The lowest BCUT2D eigenvalue weighted by Crippen LogP contribution is -2.62. The number of nitrogens with zero attached hydrogens (tertiary/aromatic N) is 3. The number of carbonyl (C=O) groups excluding carboxylic acids is 2. The number of hydrogen-bond donors (Lipinski definition) is 1. The van der Waals surface area contributed by atoms with Crippen LogP contribution < -0.4 is 5.32 Å². The van der Waals surface area contributed by atoms with Gasteiger partial charge in [0.05, 0.1) is 28.7 Å². The second kappa shape index (κ2) is 9.67. The van der Waals surface area contributed by atoms with Crippen molar-refractivity contribution in [3.8, 4) is 0 Å². The smallest absolute Gasteiger partial charge is 0.307 e. The summed E-state index contributed by atoms with van der Waals surface area (Å²) in [5.41, 5.74) is 0.151. The highest BCUT2D eigenvalue weighted by Crippen LogP contribution is 2.40. The Labute approximate surface area is 233 Å². The molecule has 0 radical (unpaired) electrons. The molecule has 0 unspecified atom stereocenters. The molecular weight excluding hydrogens is 549 g/mol. The van der Waals surface area contributed by atoms with Crippen LogP contribution in [-0.2, 0) is 17.5 Å². The fourth-order valence-corrected chi connectivity index (χ4v) is 6.90. The summed E-state index contributed by atoms with van der Waals surface area (Å²) in [7, 11) is 0. The summed E-state index contributed by atoms with van der Waals surface area (Å²) in [6.45, 7) is 8.20. The molecule has 2 aliphatic rings. The van der Waals surface area contributed by atoms with Crippen molar-refractivity contribution in [3.05, 3.63) is 69.2 Å². The van der Waals surface area contributed by atoms with Gasteiger partial charge in [-0.05, 0) is 93.8 Å². The van der Waals surface area contributed by atoms with Crippen LogP contribution in [0.1, 0.15) is 57.2 Å². The van der Waals surface area contributed by atoms with Gasteiger partial charge in [0, 0.05) is 27.5 Å². The number of halogens is 4. The lowest BCUT2D eigenvalue weighted by molar-refractivity contribution is -0.138. The van der Waals surface area contributed by atoms with Gasteiger partial charge < -0.3 is 5.32 Å². The summed E-state index contributed by atoms with van der Waals surface area (Å²) in [5.74, 6) is -0.304. The van der Waals surface area contributed by atoms with Crippen molar-refractivity contribution in [2.75, 3.05) is 0 Å². The van der Waals surface area contributed by atoms with Gasteiger partial charge in [-0.25, -0.2) is 0 Å². The Morgan fingerprint density at radius 3 is 2.46 bits per heavy atom. The van der Waals surface area contributed by atoms with E-state index < -0.39 is 11.7 Å². The molecule has 206 valence electrons. The number of fused-ring (bicyclic) bond motifs is 1. The monoisotopic (exact) mass is 576 g/mol. The third kappa shape index (κ3) is 5.73. The van der Waals surface area contributed by atoms with Crippen LogP contribution in [0.2, 0.25) is 5.02 Å². The molecule has 6 nitrogen and oxygen atoms in total. The Balaban J connectivity index is 1.39. The molecule has 2 saturated heterocycles. The summed E-state index contributed by atoms with van der Waals surface area (Å²) in [5, 5.41) is 8.30. The average Bonchev–Trinajstić information content (AvgIpc) is 3.31. The van der Waals surface area contributed by atoms with Gasteiger partial charge in [0.2, 0.25) is 0 Å². The highest BCUT2D eigenvalue weighted by molar-refractivity contribution is 8.18. The van der Waals surface area contributed by atoms with E-state index in [0.717, 1.165) is 17.8 Å². The summed E-state index contributed by atoms with van der Waals surface area (Å²) >= 11 is 6.73. The van der Waals surface area contributed by atoms with Gasteiger partial charge in [-0.15, -0.1) is 0 Å². The van der Waals surface area contributed by atoms with E-state index in [4.69, 9.17) is 11.6 Å². The molecule has 2 fully saturated rings. The third-order valence-electron chi connectivity index (χ3n) is 7.02. The molecule has 0 aliphatic carbocycles. The van der Waals surface area contributed by atoms with E-state index in [1.807, 2.05) is 0 Å². The van der Waals surface area contributed by atoms with Crippen molar-refractivity contribution in [3.63, 3.8) is 0 Å². The molecule has 1 aromatic heterocycles. The molecule has 0 bridgehead atoms. The van der Waals surface area contributed by atoms with Gasteiger partial charge in [-0.2, -0.15) is 18.3 Å². The number of imide groups is 1. The van der Waals surface area contributed by atoms with Crippen LogP contribution in [0.15, 0.2) is 47.5 Å². The number of thioether (sulfide) groups is 1. The van der Waals surface area contributed by atoms with Gasteiger partial charge in [0.15, 0.2) is 0 Å². The first-order valence-corrected chi connectivity index (χ1v) is 13.7. The zero-order valence-corrected chi connectivity index (χ0v) is 23.5. The maximum atomic E-state index is 13.5. The minimum absolute atomic E-state index is 0.0121. The number of carbonyl (C=O) groups is 2. The van der Waals surface area contributed by atoms with Crippen LogP contribution in [0.3, 0.4) is 0 Å². The van der Waals surface area contributed by atoms with E-state index in [0.29, 0.717) is 34.2 Å². The molecule has 39 heavy (non-hydrogen) atoms. The first kappa shape index (κ1) is 27.7. The van der Waals surface area contributed by atoms with Crippen molar-refractivity contribution < 1.29 is 22.8 Å². The predicted octanol–water partition coefficient (Wildman–Crippen LogP) is 7.10. The first-order chi connectivity index (χ1) is 18.1. The van der Waals surface area contributed by atoms with Gasteiger partial charge in [0.1, 0.15) is 0 Å². The molecular formula is C28H28ClF3N4O2S. The van der Waals surface area contributed by atoms with E-state index >= 15 is 0 Å². The number of piperidine rings is 1. The van der Waals surface area contributed by atoms with Crippen LogP contribution in [0.4, 0.5) is 18.0 Å². The zero-order valence-electron chi connectivity index (χ0n) is 21.9. The summed E-state index contributed by atoms with van der Waals surface area (Å²) in [6, 6.07) is 8.81. The lowest BCUT2D eigenvalue weighted by atomic mass is 9.79. The van der Waals surface area contributed by atoms with E-state index in [1.54, 1.807) is 30.5 Å². The largest absolute Gasteiger partial charge is 0.416 e. The highest BCUT2D eigenvalue weighted by atomic mass is 35.5. The number of rotatable bonds is 4. The van der Waals surface area contributed by atoms with Crippen LogP contribution in [0.5, 0.6) is 0 Å². The Kier molecular flexibility index (Phi) is 6.88. The van der Waals surface area contributed by atoms with E-state index in [1.165, 1.54) is 21.7 Å². The van der Waals surface area contributed by atoms with Gasteiger partial charge in [-0.3, -0.25) is 19.2 Å². The number of aromatic nitrogens is 2. The molecule has 2 aliphatic heterocycles. The topological polar surface area (TPSA) is 67.2 Å². The predicted molar refractivity (Wildman–Crippen MR) is 147 cm³/mol. The minimum Gasteiger partial charge on any atom is -0.307 e. The van der Waals surface area contributed by atoms with Crippen LogP contribution in [-0.4, -0.2) is 42.9 Å². The molecule has 0 saturated carbocycles. The van der Waals surface area contributed by atoms with Crippen LogP contribution in [0.25, 0.3) is 17.0 Å². The average molecular weight is 577 g/mol. The molecule has 3 aromatic rings. The first-order valence-electron chi connectivity index (χ1n) is 12.5. The summed E-state index contributed by atoms with van der Waals surface area (Å²) in [6.07, 6.45) is 0.0346. The van der Waals surface area contributed by atoms with Gasteiger partial charge in [0.25, 0.3) is 11.1 Å². The number of hydrogen-bond acceptors (Lipinski definition) is 5. The molecule has 3 heterocycles. The summed E-state index contributed by atoms with van der Waals surface area (Å²) < 4.78 is 42.1. The third-order valence-corrected chi connectivity index (χ3v) is 8.14. The number of nitrogens with one attached hydrogen (secondary N) is 1. The van der Waals surface area contributed by atoms with Gasteiger partial charge in [-0.1, -0.05) is 23.7 Å². The standard InChI is InChI=1S/C28H28ClF3N4O2S/c1-26(2)12-20(13-27(3,4)34-26)36-24(37)23(39-25(36)38)10-16-5-8-22-18(9-16)14-33-35(22)15-17-6-7-19(29)11-21(17)28(30,31)32/h5-11,14,20,34H,12-13,15H2,1-4H3. The fraction of sp³-hybridized carbons (Fsp3) is 0.393. The molecule has 0 atom stereocenters. The maximum absolute atomic E-state index is 13.5. The van der Waals surface area contributed by atoms with Gasteiger partial charge >= 0.3 is 6.18 Å². The molecule has 2 aromatic carbocycles. The SMILES string of the molecule is CC1(C)CC(N2C(=O)SC(=Cc3ccc4c(cnn4Cc4ccc(Cl)cc4C(F)(F)F)c3)C2=O)CC(C)(C)N1. The van der Waals surface area contributed by atoms with E-state index in [-0.39, 0.29) is 45.4 Å². The normalized spacial score (nSPS) is 20.9. The minimum atomic E-state index is -4.54. The lowest BCUT2D eigenvalue weighted by Gasteiger charge is -2.48. The molecule has 0 spiro atoms. The number of alkyl halides is 3. The molecule has 2 amide bonds. The van der Waals surface area contributed by atoms with Crippen molar-refractivity contribution in [2.45, 2.75) is 70.4 Å². The van der Waals surface area contributed by atoms with Crippen molar-refractivity contribution in [1.29, 1.82) is 0 Å². The molecule has 5 rings (SSSR count). The Hall–Kier alpha value is -2.82. The van der Waals surface area contributed by atoms with E-state index in [2.05, 4.69) is 38.1 Å². The number of amides is 2. The zero-order chi connectivity index (χ0) is 28.3. The maximum Gasteiger partial charge on any atom is 0.416 e. The quantitative estimate of drug-likeness (QED) is 0.336. The van der Waals surface area contributed by atoms with Crippen molar-refractivity contribution in [2.24, 2.45) is 0 Å². The molecule has 1 N–H and O–H groups in total. The van der Waals surface area contributed by atoms with Crippen molar-refractivity contribution in [1.82, 2.24) is 20.0 Å². The molecule has 11 heteroatoms. The van der Waals surface area contributed by atoms with Crippen molar-refractivity contribution >= 4 is 51.5 Å². The fourth-order valence-electron chi connectivity index (χ4n) is 5.83. The summed E-state index contributed by atoms with van der Waals surface area (Å²) in [4.78, 5) is 28.0. The van der Waals surface area contributed by atoms with Crippen LogP contribution >= 0.6 is 23.4 Å². The Morgan fingerprint density at radius 1 is 1.10 bits per heavy atom. The second-order valence-electron chi connectivity index (χ2n) is 11.4.